The van der Waals surface area contributed by atoms with Gasteiger partial charge in [0.25, 0.3) is 0 Å². The molecule has 2 aromatic rings. The Hall–Kier alpha value is -2.58. The number of benzene rings is 2. The third-order valence-electron chi connectivity index (χ3n) is 4.42. The minimum atomic E-state index is -3.38. The second kappa shape index (κ2) is 8.41. The largest absolute Gasteiger partial charge is 0.497 e. The van der Waals surface area contributed by atoms with Crippen LogP contribution >= 0.6 is 0 Å². The quantitative estimate of drug-likeness (QED) is 0.585. The zero-order valence-electron chi connectivity index (χ0n) is 15.3. The maximum absolute atomic E-state index is 12.5. The highest BCUT2D eigenvalue weighted by Gasteiger charge is 2.26. The lowest BCUT2D eigenvalue weighted by Gasteiger charge is -2.15. The summed E-state index contributed by atoms with van der Waals surface area (Å²) in [5.74, 6) is 1.05. The smallest absolute Gasteiger partial charge is 0.243 e. The number of aliphatic imine (C=N–C) groups is 1. The van der Waals surface area contributed by atoms with Crippen LogP contribution in [0.5, 0.6) is 5.75 Å². The second-order valence-corrected chi connectivity index (χ2v) is 8.25. The highest BCUT2D eigenvalue weighted by molar-refractivity contribution is 7.89. The molecule has 0 atom stereocenters. The van der Waals surface area contributed by atoms with E-state index in [1.807, 2.05) is 24.3 Å². The van der Waals surface area contributed by atoms with Crippen molar-refractivity contribution >= 4 is 21.7 Å². The molecular formula is C19H24N4O3S. The van der Waals surface area contributed by atoms with Crippen LogP contribution in [0.4, 0.5) is 5.69 Å². The van der Waals surface area contributed by atoms with Crippen molar-refractivity contribution in [3.05, 3.63) is 54.1 Å². The third kappa shape index (κ3) is 4.78. The molecule has 0 aromatic heterocycles. The molecule has 0 saturated carbocycles. The standard InChI is InChI=1S/C19H24N4O3S/c1-26-17-8-6-16(7-9-17)22-19(20)21-14-15-4-10-18(11-5-15)27(24,25)23-12-2-3-13-23/h4-11H,2-3,12-14H2,1H3,(H3,20,21,22). The van der Waals surface area contributed by atoms with Gasteiger partial charge in [0.15, 0.2) is 5.96 Å². The highest BCUT2D eigenvalue weighted by atomic mass is 32.2. The van der Waals surface area contributed by atoms with Crippen LogP contribution in [0.1, 0.15) is 18.4 Å². The maximum Gasteiger partial charge on any atom is 0.243 e. The van der Waals surface area contributed by atoms with Gasteiger partial charge in [-0.2, -0.15) is 4.31 Å². The Morgan fingerprint density at radius 1 is 1.11 bits per heavy atom. The normalized spacial score (nSPS) is 15.7. The molecule has 1 saturated heterocycles. The average molecular weight is 388 g/mol. The number of anilines is 1. The molecule has 0 amide bonds. The van der Waals surface area contributed by atoms with E-state index in [-0.39, 0.29) is 5.96 Å². The molecule has 0 radical (unpaired) electrons. The lowest BCUT2D eigenvalue weighted by Crippen LogP contribution is -2.27. The van der Waals surface area contributed by atoms with Gasteiger partial charge in [-0.05, 0) is 54.8 Å². The Labute approximate surface area is 159 Å². The first-order valence-corrected chi connectivity index (χ1v) is 10.2. The van der Waals surface area contributed by atoms with Gasteiger partial charge in [-0.1, -0.05) is 12.1 Å². The summed E-state index contributed by atoms with van der Waals surface area (Å²) in [6, 6.07) is 14.2. The van der Waals surface area contributed by atoms with Crippen LogP contribution < -0.4 is 15.8 Å². The van der Waals surface area contributed by atoms with Gasteiger partial charge in [0.2, 0.25) is 10.0 Å². The zero-order valence-corrected chi connectivity index (χ0v) is 16.1. The van der Waals surface area contributed by atoms with Crippen molar-refractivity contribution in [3.8, 4) is 5.75 Å². The molecule has 3 N–H and O–H groups in total. The van der Waals surface area contributed by atoms with E-state index in [1.165, 1.54) is 4.31 Å². The molecule has 2 aromatic carbocycles. The summed E-state index contributed by atoms with van der Waals surface area (Å²) in [5, 5.41) is 3.01. The van der Waals surface area contributed by atoms with E-state index in [1.54, 1.807) is 31.4 Å². The summed E-state index contributed by atoms with van der Waals surface area (Å²) in [6.07, 6.45) is 1.85. The predicted octanol–water partition coefficient (Wildman–Crippen LogP) is 2.41. The first kappa shape index (κ1) is 19.2. The average Bonchev–Trinajstić information content (AvgIpc) is 3.23. The van der Waals surface area contributed by atoms with E-state index in [9.17, 15) is 8.42 Å². The topological polar surface area (TPSA) is 97.0 Å². The van der Waals surface area contributed by atoms with Crippen LogP contribution in [-0.2, 0) is 16.6 Å². The van der Waals surface area contributed by atoms with Gasteiger partial charge in [-0.3, -0.25) is 0 Å². The van der Waals surface area contributed by atoms with E-state index >= 15 is 0 Å². The van der Waals surface area contributed by atoms with Crippen LogP contribution in [0.3, 0.4) is 0 Å². The Kier molecular flexibility index (Phi) is 5.98. The SMILES string of the molecule is COc1ccc(NC(N)=NCc2ccc(S(=O)(=O)N3CCCC3)cc2)cc1. The summed E-state index contributed by atoms with van der Waals surface area (Å²) in [5.41, 5.74) is 7.60. The van der Waals surface area contributed by atoms with Gasteiger partial charge in [-0.15, -0.1) is 0 Å². The van der Waals surface area contributed by atoms with Gasteiger partial charge < -0.3 is 15.8 Å². The van der Waals surface area contributed by atoms with Crippen molar-refractivity contribution in [1.82, 2.24) is 4.31 Å². The summed E-state index contributed by atoms with van der Waals surface area (Å²) in [4.78, 5) is 4.61. The number of nitrogens with two attached hydrogens (primary N) is 1. The molecule has 3 rings (SSSR count). The number of sulfonamides is 1. The number of hydrogen-bond donors (Lipinski definition) is 2. The molecule has 1 aliphatic rings. The number of methoxy groups -OCH3 is 1. The van der Waals surface area contributed by atoms with E-state index in [4.69, 9.17) is 10.5 Å². The molecule has 0 spiro atoms. The van der Waals surface area contributed by atoms with Crippen molar-refractivity contribution in [2.45, 2.75) is 24.3 Å². The molecular weight excluding hydrogens is 364 g/mol. The first-order valence-electron chi connectivity index (χ1n) is 8.79. The van der Waals surface area contributed by atoms with Gasteiger partial charge >= 0.3 is 0 Å². The molecule has 144 valence electrons. The minimum Gasteiger partial charge on any atom is -0.497 e. The first-order chi connectivity index (χ1) is 13.0. The van der Waals surface area contributed by atoms with E-state index in [0.29, 0.717) is 24.5 Å². The third-order valence-corrected chi connectivity index (χ3v) is 6.33. The summed E-state index contributed by atoms with van der Waals surface area (Å²) >= 11 is 0. The minimum absolute atomic E-state index is 0.286. The number of guanidine groups is 1. The fourth-order valence-corrected chi connectivity index (χ4v) is 4.40. The van der Waals surface area contributed by atoms with Gasteiger partial charge in [0.05, 0.1) is 18.6 Å². The van der Waals surface area contributed by atoms with Crippen molar-refractivity contribution < 1.29 is 13.2 Å². The Morgan fingerprint density at radius 3 is 2.33 bits per heavy atom. The van der Waals surface area contributed by atoms with Crippen LogP contribution in [-0.4, -0.2) is 38.9 Å². The van der Waals surface area contributed by atoms with Crippen molar-refractivity contribution in [2.75, 3.05) is 25.5 Å². The van der Waals surface area contributed by atoms with Crippen LogP contribution in [0.25, 0.3) is 0 Å². The zero-order chi connectivity index (χ0) is 19.3. The van der Waals surface area contributed by atoms with Crippen molar-refractivity contribution in [3.63, 3.8) is 0 Å². The number of hydrogen-bond acceptors (Lipinski definition) is 4. The summed E-state index contributed by atoms with van der Waals surface area (Å²) in [7, 11) is -1.77. The van der Waals surface area contributed by atoms with Gasteiger partial charge in [0.1, 0.15) is 5.75 Å². The van der Waals surface area contributed by atoms with Crippen molar-refractivity contribution in [1.29, 1.82) is 0 Å². The predicted molar refractivity (Wildman–Crippen MR) is 106 cm³/mol. The highest BCUT2D eigenvalue weighted by Crippen LogP contribution is 2.21. The number of nitrogens with zero attached hydrogens (tertiary/aromatic N) is 2. The fourth-order valence-electron chi connectivity index (χ4n) is 2.88. The number of nitrogens with one attached hydrogen (secondary N) is 1. The summed E-state index contributed by atoms with van der Waals surface area (Å²) in [6.45, 7) is 1.56. The Balaban J connectivity index is 1.61. The molecule has 7 nitrogen and oxygen atoms in total. The molecule has 0 unspecified atom stereocenters. The Morgan fingerprint density at radius 2 is 1.74 bits per heavy atom. The number of rotatable bonds is 6. The molecule has 0 bridgehead atoms. The van der Waals surface area contributed by atoms with Gasteiger partial charge in [-0.25, -0.2) is 13.4 Å². The van der Waals surface area contributed by atoms with Gasteiger partial charge in [0, 0.05) is 18.8 Å². The van der Waals surface area contributed by atoms with E-state index < -0.39 is 10.0 Å². The molecule has 0 aliphatic carbocycles. The second-order valence-electron chi connectivity index (χ2n) is 6.31. The van der Waals surface area contributed by atoms with Crippen LogP contribution in [0, 0.1) is 0 Å². The van der Waals surface area contributed by atoms with Crippen molar-refractivity contribution in [2.24, 2.45) is 10.7 Å². The van der Waals surface area contributed by atoms with Crippen LogP contribution in [0.15, 0.2) is 58.4 Å². The molecule has 8 heteroatoms. The van der Waals surface area contributed by atoms with E-state index in [2.05, 4.69) is 10.3 Å². The van der Waals surface area contributed by atoms with E-state index in [0.717, 1.165) is 29.8 Å². The van der Waals surface area contributed by atoms with Crippen LogP contribution in [0.2, 0.25) is 0 Å². The molecule has 1 aliphatic heterocycles. The lowest BCUT2D eigenvalue weighted by molar-refractivity contribution is 0.415. The molecule has 1 heterocycles. The Bertz CT molecular complexity index is 888. The maximum atomic E-state index is 12.5. The lowest BCUT2D eigenvalue weighted by atomic mass is 10.2. The monoisotopic (exact) mass is 388 g/mol. The number of ether oxygens (including phenoxy) is 1. The fraction of sp³-hybridized carbons (Fsp3) is 0.316. The summed E-state index contributed by atoms with van der Waals surface area (Å²) < 4.78 is 31.7. The molecule has 27 heavy (non-hydrogen) atoms. The molecule has 1 fully saturated rings.